The second-order valence-corrected chi connectivity index (χ2v) is 8.12. The van der Waals surface area contributed by atoms with Gasteiger partial charge in [0.25, 0.3) is 0 Å². The topological polar surface area (TPSA) is 32.7 Å². The molecule has 4 heteroatoms. The molecule has 0 aromatic heterocycles. The maximum Gasteiger partial charge on any atom is 0.123 e. The highest BCUT2D eigenvalue weighted by Crippen LogP contribution is 2.42. The summed E-state index contributed by atoms with van der Waals surface area (Å²) in [6, 6.07) is 16.7. The number of hydrogen-bond acceptors (Lipinski definition) is 3. The third-order valence-corrected chi connectivity index (χ3v) is 6.08. The van der Waals surface area contributed by atoms with Gasteiger partial charge in [-0.05, 0) is 29.7 Å². The van der Waals surface area contributed by atoms with Gasteiger partial charge in [0.2, 0.25) is 0 Å². The molecule has 0 unspecified atom stereocenters. The van der Waals surface area contributed by atoms with Gasteiger partial charge in [-0.25, -0.2) is 4.39 Å². The summed E-state index contributed by atoms with van der Waals surface area (Å²) in [6.45, 7) is 6.16. The molecule has 0 spiro atoms. The fourth-order valence-electron chi connectivity index (χ4n) is 4.34. The standard InChI is InChI=1S/C25H34FNO2/c1-2-3-4-8-15-25(28,22-11-13-23(26)14-12-22)24(21-9-6-5-7-10-21)20-27-16-18-29-19-17-27/h5-7,9-14,24,28H,2-4,8,15-20H2,1H3/t24-,25-/m0/s1. The predicted octanol–water partition coefficient (Wildman–Crippen LogP) is 5.10. The van der Waals surface area contributed by atoms with Gasteiger partial charge < -0.3 is 9.84 Å². The van der Waals surface area contributed by atoms with E-state index in [-0.39, 0.29) is 11.7 Å². The highest BCUT2D eigenvalue weighted by atomic mass is 19.1. The lowest BCUT2D eigenvalue weighted by molar-refractivity contribution is -0.0296. The summed E-state index contributed by atoms with van der Waals surface area (Å²) >= 11 is 0. The lowest BCUT2D eigenvalue weighted by Gasteiger charge is -2.41. The van der Waals surface area contributed by atoms with Crippen LogP contribution in [0.4, 0.5) is 4.39 Å². The van der Waals surface area contributed by atoms with Crippen molar-refractivity contribution in [1.29, 1.82) is 0 Å². The fraction of sp³-hybridized carbons (Fsp3) is 0.520. The number of benzene rings is 2. The van der Waals surface area contributed by atoms with Gasteiger partial charge in [-0.3, -0.25) is 4.90 Å². The second-order valence-electron chi connectivity index (χ2n) is 8.12. The van der Waals surface area contributed by atoms with Crippen molar-refractivity contribution in [3.63, 3.8) is 0 Å². The van der Waals surface area contributed by atoms with Gasteiger partial charge in [0.15, 0.2) is 0 Å². The lowest BCUT2D eigenvalue weighted by Crippen LogP contribution is -2.45. The van der Waals surface area contributed by atoms with Crippen molar-refractivity contribution in [2.24, 2.45) is 0 Å². The van der Waals surface area contributed by atoms with Crippen LogP contribution in [0.5, 0.6) is 0 Å². The molecule has 3 rings (SSSR count). The van der Waals surface area contributed by atoms with Crippen molar-refractivity contribution in [1.82, 2.24) is 4.90 Å². The van der Waals surface area contributed by atoms with E-state index in [1.165, 1.54) is 18.6 Å². The number of unbranched alkanes of at least 4 members (excludes halogenated alkanes) is 3. The minimum atomic E-state index is -1.04. The van der Waals surface area contributed by atoms with Crippen LogP contribution < -0.4 is 0 Å². The maximum absolute atomic E-state index is 13.6. The van der Waals surface area contributed by atoms with Crippen LogP contribution in [0.15, 0.2) is 54.6 Å². The Labute approximate surface area is 174 Å². The molecule has 1 heterocycles. The van der Waals surface area contributed by atoms with Gasteiger partial charge in [0.1, 0.15) is 5.82 Å². The highest BCUT2D eigenvalue weighted by Gasteiger charge is 2.40. The van der Waals surface area contributed by atoms with E-state index in [1.807, 2.05) is 18.2 Å². The number of halogens is 1. The monoisotopic (exact) mass is 399 g/mol. The Morgan fingerprint density at radius 2 is 1.69 bits per heavy atom. The van der Waals surface area contributed by atoms with Crippen LogP contribution in [0.1, 0.15) is 56.1 Å². The lowest BCUT2D eigenvalue weighted by atomic mass is 9.74. The third kappa shape index (κ3) is 5.88. The summed E-state index contributed by atoms with van der Waals surface area (Å²) < 4.78 is 19.1. The smallest absolute Gasteiger partial charge is 0.123 e. The SMILES string of the molecule is CCCCCC[C@](O)(c1ccc(F)cc1)[C@@H](CN1CCOCC1)c1ccccc1. The minimum absolute atomic E-state index is 0.0890. The summed E-state index contributed by atoms with van der Waals surface area (Å²) in [7, 11) is 0. The van der Waals surface area contributed by atoms with Crippen LogP contribution in [0, 0.1) is 5.82 Å². The van der Waals surface area contributed by atoms with Crippen molar-refractivity contribution in [3.05, 3.63) is 71.5 Å². The Morgan fingerprint density at radius 3 is 2.34 bits per heavy atom. The van der Waals surface area contributed by atoms with E-state index < -0.39 is 5.60 Å². The molecular weight excluding hydrogens is 365 g/mol. The largest absolute Gasteiger partial charge is 0.384 e. The second kappa shape index (κ2) is 10.9. The molecule has 0 bridgehead atoms. The van der Waals surface area contributed by atoms with Crippen LogP contribution >= 0.6 is 0 Å². The fourth-order valence-corrected chi connectivity index (χ4v) is 4.34. The third-order valence-electron chi connectivity index (χ3n) is 6.08. The zero-order valence-electron chi connectivity index (χ0n) is 17.5. The van der Waals surface area contributed by atoms with E-state index in [2.05, 4.69) is 24.0 Å². The number of nitrogens with zero attached hydrogens (tertiary/aromatic N) is 1. The Kier molecular flexibility index (Phi) is 8.22. The summed E-state index contributed by atoms with van der Waals surface area (Å²) in [4.78, 5) is 2.38. The molecular formula is C25H34FNO2. The summed E-state index contributed by atoms with van der Waals surface area (Å²) in [6.07, 6.45) is 5.04. The number of hydrogen-bond donors (Lipinski definition) is 1. The molecule has 2 aromatic carbocycles. The molecule has 1 fully saturated rings. The molecule has 1 N–H and O–H groups in total. The molecule has 1 aliphatic rings. The van der Waals surface area contributed by atoms with Gasteiger partial charge in [0.05, 0.1) is 18.8 Å². The number of aliphatic hydroxyl groups is 1. The first-order chi connectivity index (χ1) is 14.1. The number of ether oxygens (including phenoxy) is 1. The Bertz CT molecular complexity index is 715. The molecule has 2 aromatic rings. The summed E-state index contributed by atoms with van der Waals surface area (Å²) in [5, 5.41) is 12.1. The molecule has 0 aliphatic carbocycles. The maximum atomic E-state index is 13.6. The van der Waals surface area contributed by atoms with Crippen LogP contribution in [0.2, 0.25) is 0 Å². The van der Waals surface area contributed by atoms with Gasteiger partial charge in [0, 0.05) is 25.6 Å². The van der Waals surface area contributed by atoms with Gasteiger partial charge in [-0.1, -0.05) is 75.1 Å². The van der Waals surface area contributed by atoms with Crippen molar-refractivity contribution in [3.8, 4) is 0 Å². The van der Waals surface area contributed by atoms with Crippen molar-refractivity contribution in [2.45, 2.75) is 50.5 Å². The first-order valence-electron chi connectivity index (χ1n) is 11.0. The molecule has 2 atom stereocenters. The minimum Gasteiger partial charge on any atom is -0.384 e. The quantitative estimate of drug-likeness (QED) is 0.564. The zero-order chi connectivity index (χ0) is 20.5. The molecule has 0 saturated carbocycles. The Balaban J connectivity index is 1.94. The Hall–Kier alpha value is -1.75. The van der Waals surface area contributed by atoms with Crippen molar-refractivity contribution < 1.29 is 14.2 Å². The summed E-state index contributed by atoms with van der Waals surface area (Å²) in [5.74, 6) is -0.361. The van der Waals surface area contributed by atoms with E-state index in [0.717, 1.165) is 63.2 Å². The van der Waals surface area contributed by atoms with Crippen LogP contribution in [-0.2, 0) is 10.3 Å². The zero-order valence-corrected chi connectivity index (χ0v) is 17.5. The first-order valence-corrected chi connectivity index (χ1v) is 11.0. The van der Waals surface area contributed by atoms with Crippen LogP contribution in [-0.4, -0.2) is 42.9 Å². The van der Waals surface area contributed by atoms with Gasteiger partial charge >= 0.3 is 0 Å². The highest BCUT2D eigenvalue weighted by molar-refractivity contribution is 5.32. The molecule has 158 valence electrons. The van der Waals surface area contributed by atoms with E-state index in [0.29, 0.717) is 6.42 Å². The average Bonchev–Trinajstić information content (AvgIpc) is 2.77. The molecule has 0 radical (unpaired) electrons. The molecule has 1 aliphatic heterocycles. The van der Waals surface area contributed by atoms with E-state index >= 15 is 0 Å². The van der Waals surface area contributed by atoms with Gasteiger partial charge in [-0.15, -0.1) is 0 Å². The molecule has 0 amide bonds. The van der Waals surface area contributed by atoms with E-state index in [1.54, 1.807) is 12.1 Å². The van der Waals surface area contributed by atoms with Crippen LogP contribution in [0.3, 0.4) is 0 Å². The van der Waals surface area contributed by atoms with E-state index in [9.17, 15) is 9.50 Å². The average molecular weight is 400 g/mol. The van der Waals surface area contributed by atoms with Crippen LogP contribution in [0.25, 0.3) is 0 Å². The normalized spacial score (nSPS) is 18.3. The Morgan fingerprint density at radius 1 is 1.00 bits per heavy atom. The van der Waals surface area contributed by atoms with Crippen molar-refractivity contribution >= 4 is 0 Å². The number of rotatable bonds is 10. The van der Waals surface area contributed by atoms with E-state index in [4.69, 9.17) is 4.74 Å². The number of morpholine rings is 1. The first kappa shape index (κ1) is 21.9. The summed E-state index contributed by atoms with van der Waals surface area (Å²) in [5.41, 5.74) is 0.889. The molecule has 29 heavy (non-hydrogen) atoms. The van der Waals surface area contributed by atoms with Crippen molar-refractivity contribution in [2.75, 3.05) is 32.8 Å². The molecule has 1 saturated heterocycles. The molecule has 3 nitrogen and oxygen atoms in total. The van der Waals surface area contributed by atoms with Gasteiger partial charge in [-0.2, -0.15) is 0 Å². The predicted molar refractivity (Wildman–Crippen MR) is 115 cm³/mol.